The van der Waals surface area contributed by atoms with Gasteiger partial charge in [-0.05, 0) is 77.6 Å². The van der Waals surface area contributed by atoms with Gasteiger partial charge in [-0.15, -0.1) is 0 Å². The Kier molecular flexibility index (Phi) is 4.23. The number of hydrogen-bond acceptors (Lipinski definition) is 2. The molecular weight excluding hydrogens is 385 g/mol. The van der Waals surface area contributed by atoms with E-state index in [4.69, 9.17) is 0 Å². The molecule has 4 heteroatoms. The summed E-state index contributed by atoms with van der Waals surface area (Å²) in [6.45, 7) is 0.920. The number of para-hydroxylation sites is 1. The van der Waals surface area contributed by atoms with Gasteiger partial charge in [0.15, 0.2) is 0 Å². The minimum atomic E-state index is -0.225. The van der Waals surface area contributed by atoms with E-state index in [0.717, 1.165) is 41.8 Å². The van der Waals surface area contributed by atoms with Crippen LogP contribution in [0.4, 0.5) is 10.1 Å². The third-order valence-corrected chi connectivity index (χ3v) is 6.52. The smallest absolute Gasteiger partial charge is 0.123 e. The Morgan fingerprint density at radius 1 is 0.903 bits per heavy atom. The second-order valence-electron chi connectivity index (χ2n) is 8.27. The quantitative estimate of drug-likeness (QED) is 0.445. The van der Waals surface area contributed by atoms with E-state index in [2.05, 4.69) is 51.4 Å². The SMILES string of the molecule is Fc1ccc(-c2[nH]cc(C3=CCN4c5ccccc5CC4C3)c2-c2ccncc2)cc1. The Labute approximate surface area is 180 Å². The number of aromatic nitrogens is 2. The fourth-order valence-electron chi connectivity index (χ4n) is 5.06. The van der Waals surface area contributed by atoms with Crippen molar-refractivity contribution in [2.24, 2.45) is 0 Å². The first kappa shape index (κ1) is 18.1. The molecule has 2 aromatic carbocycles. The molecule has 0 bridgehead atoms. The number of anilines is 1. The summed E-state index contributed by atoms with van der Waals surface area (Å²) in [5, 5.41) is 0. The van der Waals surface area contributed by atoms with E-state index >= 15 is 0 Å². The van der Waals surface area contributed by atoms with Gasteiger partial charge in [-0.2, -0.15) is 0 Å². The van der Waals surface area contributed by atoms with Crippen LogP contribution in [0.15, 0.2) is 85.3 Å². The van der Waals surface area contributed by atoms with Crippen LogP contribution in [0.1, 0.15) is 17.5 Å². The van der Waals surface area contributed by atoms with Gasteiger partial charge < -0.3 is 9.88 Å². The lowest BCUT2D eigenvalue weighted by Gasteiger charge is -2.32. The van der Waals surface area contributed by atoms with Gasteiger partial charge in [0.1, 0.15) is 5.82 Å². The first-order chi connectivity index (χ1) is 15.3. The molecule has 4 heterocycles. The molecule has 1 N–H and O–H groups in total. The monoisotopic (exact) mass is 407 g/mol. The van der Waals surface area contributed by atoms with Gasteiger partial charge in [-0.1, -0.05) is 24.3 Å². The third-order valence-electron chi connectivity index (χ3n) is 6.52. The highest BCUT2D eigenvalue weighted by atomic mass is 19.1. The van der Waals surface area contributed by atoms with Crippen molar-refractivity contribution >= 4 is 11.3 Å². The van der Waals surface area contributed by atoms with Crippen LogP contribution in [-0.4, -0.2) is 22.6 Å². The Morgan fingerprint density at radius 3 is 2.55 bits per heavy atom. The van der Waals surface area contributed by atoms with Crippen LogP contribution in [0, 0.1) is 5.82 Å². The first-order valence-electron chi connectivity index (χ1n) is 10.7. The van der Waals surface area contributed by atoms with Gasteiger partial charge in [-0.25, -0.2) is 4.39 Å². The number of fused-ring (bicyclic) bond motifs is 3. The average Bonchev–Trinajstić information content (AvgIpc) is 3.41. The minimum absolute atomic E-state index is 0.225. The molecule has 6 rings (SSSR count). The zero-order chi connectivity index (χ0) is 20.8. The fourth-order valence-corrected chi connectivity index (χ4v) is 5.06. The Morgan fingerprint density at radius 2 is 1.71 bits per heavy atom. The lowest BCUT2D eigenvalue weighted by Crippen LogP contribution is -2.35. The van der Waals surface area contributed by atoms with Crippen LogP contribution in [0.5, 0.6) is 0 Å². The standard InChI is InChI=1S/C27H22FN3/c28-22-7-5-19(6-8-22)27-26(18-9-12-29-13-10-18)24(17-30-27)20-11-14-31-23(15-20)16-21-3-1-2-4-25(21)31/h1-13,17,23,30H,14-16H2. The summed E-state index contributed by atoms with van der Waals surface area (Å²) in [6.07, 6.45) is 10.2. The van der Waals surface area contributed by atoms with Crippen LogP contribution in [0.3, 0.4) is 0 Å². The van der Waals surface area contributed by atoms with Gasteiger partial charge in [0, 0.05) is 48.0 Å². The van der Waals surface area contributed by atoms with E-state index in [1.165, 1.54) is 34.5 Å². The molecular formula is C27H22FN3. The van der Waals surface area contributed by atoms with Crippen molar-refractivity contribution < 1.29 is 4.39 Å². The zero-order valence-corrected chi connectivity index (χ0v) is 17.1. The second-order valence-corrected chi connectivity index (χ2v) is 8.27. The third kappa shape index (κ3) is 3.07. The topological polar surface area (TPSA) is 31.9 Å². The molecule has 31 heavy (non-hydrogen) atoms. The van der Waals surface area contributed by atoms with Crippen molar-refractivity contribution in [3.05, 3.63) is 102 Å². The van der Waals surface area contributed by atoms with Crippen molar-refractivity contribution in [3.8, 4) is 22.4 Å². The molecule has 1 unspecified atom stereocenters. The van der Waals surface area contributed by atoms with E-state index in [9.17, 15) is 4.39 Å². The second kappa shape index (κ2) is 7.24. The molecule has 2 aliphatic rings. The lowest BCUT2D eigenvalue weighted by atomic mass is 9.89. The summed E-state index contributed by atoms with van der Waals surface area (Å²) in [6, 6.07) is 20.0. The van der Waals surface area contributed by atoms with Crippen LogP contribution < -0.4 is 4.90 Å². The van der Waals surface area contributed by atoms with Crippen molar-refractivity contribution in [1.29, 1.82) is 0 Å². The minimum Gasteiger partial charge on any atom is -0.364 e. The molecule has 0 spiro atoms. The van der Waals surface area contributed by atoms with Crippen LogP contribution >= 0.6 is 0 Å². The van der Waals surface area contributed by atoms with Crippen molar-refractivity contribution in [2.75, 3.05) is 11.4 Å². The highest BCUT2D eigenvalue weighted by Crippen LogP contribution is 2.43. The van der Waals surface area contributed by atoms with Crippen LogP contribution in [-0.2, 0) is 6.42 Å². The molecule has 0 radical (unpaired) electrons. The maximum atomic E-state index is 13.5. The molecule has 3 nitrogen and oxygen atoms in total. The van der Waals surface area contributed by atoms with Crippen molar-refractivity contribution in [1.82, 2.24) is 9.97 Å². The summed E-state index contributed by atoms with van der Waals surface area (Å²) in [5.41, 5.74) is 9.67. The number of rotatable bonds is 3. The molecule has 4 aromatic rings. The number of halogens is 1. The summed E-state index contributed by atoms with van der Waals surface area (Å²) in [5.74, 6) is -0.225. The number of aromatic amines is 1. The van der Waals surface area contributed by atoms with Gasteiger partial charge in [-0.3, -0.25) is 4.98 Å². The predicted molar refractivity (Wildman–Crippen MR) is 123 cm³/mol. The maximum absolute atomic E-state index is 13.5. The molecule has 0 aliphatic carbocycles. The molecule has 2 aliphatic heterocycles. The summed E-state index contributed by atoms with van der Waals surface area (Å²) in [4.78, 5) is 10.2. The van der Waals surface area contributed by atoms with E-state index in [1.54, 1.807) is 0 Å². The average molecular weight is 407 g/mol. The predicted octanol–water partition coefficient (Wildman–Crippen LogP) is 6.10. The fraction of sp³-hybridized carbons (Fsp3) is 0.148. The van der Waals surface area contributed by atoms with Crippen molar-refractivity contribution in [3.63, 3.8) is 0 Å². The highest BCUT2D eigenvalue weighted by molar-refractivity contribution is 5.92. The molecule has 0 fully saturated rings. The maximum Gasteiger partial charge on any atom is 0.123 e. The molecule has 2 aromatic heterocycles. The summed E-state index contributed by atoms with van der Waals surface area (Å²) in [7, 11) is 0. The van der Waals surface area contributed by atoms with Gasteiger partial charge in [0.2, 0.25) is 0 Å². The van der Waals surface area contributed by atoms with E-state index in [-0.39, 0.29) is 5.82 Å². The number of nitrogens with one attached hydrogen (secondary N) is 1. The normalized spacial score (nSPS) is 17.3. The summed E-state index contributed by atoms with van der Waals surface area (Å²) < 4.78 is 13.5. The molecule has 152 valence electrons. The number of pyridine rings is 1. The Balaban J connectivity index is 1.43. The van der Waals surface area contributed by atoms with E-state index in [0.29, 0.717) is 6.04 Å². The summed E-state index contributed by atoms with van der Waals surface area (Å²) >= 11 is 0. The van der Waals surface area contributed by atoms with Crippen LogP contribution in [0.2, 0.25) is 0 Å². The number of nitrogens with zero attached hydrogens (tertiary/aromatic N) is 2. The number of benzene rings is 2. The largest absolute Gasteiger partial charge is 0.364 e. The van der Waals surface area contributed by atoms with Gasteiger partial charge in [0.05, 0.1) is 5.69 Å². The van der Waals surface area contributed by atoms with Gasteiger partial charge in [0.25, 0.3) is 0 Å². The number of H-pyrrole nitrogens is 1. The Bertz CT molecular complexity index is 1270. The first-order valence-corrected chi connectivity index (χ1v) is 10.7. The molecule has 0 amide bonds. The molecule has 0 saturated heterocycles. The lowest BCUT2D eigenvalue weighted by molar-refractivity contribution is 0.628. The van der Waals surface area contributed by atoms with Gasteiger partial charge >= 0.3 is 0 Å². The van der Waals surface area contributed by atoms with Crippen LogP contribution in [0.25, 0.3) is 28.0 Å². The Hall–Kier alpha value is -3.66. The van der Waals surface area contributed by atoms with E-state index < -0.39 is 0 Å². The van der Waals surface area contributed by atoms with E-state index in [1.807, 2.05) is 36.7 Å². The zero-order valence-electron chi connectivity index (χ0n) is 17.1. The molecule has 1 atom stereocenters. The van der Waals surface area contributed by atoms with Crippen molar-refractivity contribution in [2.45, 2.75) is 18.9 Å². The highest BCUT2D eigenvalue weighted by Gasteiger charge is 2.32. The molecule has 0 saturated carbocycles. The number of hydrogen-bond donors (Lipinski definition) is 1.